The van der Waals surface area contributed by atoms with E-state index >= 15 is 0 Å². The Morgan fingerprint density at radius 3 is 2.43 bits per heavy atom. The van der Waals surface area contributed by atoms with Crippen LogP contribution in [-0.4, -0.2) is 33.3 Å². The molecule has 0 unspecified atom stereocenters. The predicted molar refractivity (Wildman–Crippen MR) is 98.2 cm³/mol. The molecule has 2 amide bonds. The minimum absolute atomic E-state index is 0.0110. The molecule has 28 heavy (non-hydrogen) atoms. The fourth-order valence-electron chi connectivity index (χ4n) is 2.85. The number of carbonyl (C=O) groups excluding carboxylic acids is 2. The number of hydrogen-bond acceptors (Lipinski definition) is 4. The number of nitrogens with zero attached hydrogens (tertiary/aromatic N) is 1. The molecule has 0 saturated carbocycles. The zero-order valence-electron chi connectivity index (χ0n) is 14.6. The third kappa shape index (κ3) is 4.34. The number of anilines is 2. The van der Waals surface area contributed by atoms with Crippen LogP contribution in [-0.2, 0) is 19.6 Å². The normalized spacial score (nSPS) is 14.4. The standard InChI is InChI=1S/C18H17F2N3O4S/c19-14-6-2-7-15(20)18(14)28(26,27)21-11-16(24)22-12-4-1-5-13(10-12)23-9-3-8-17(23)25/h1-2,4-7,10,21H,3,8-9,11H2,(H,22,24). The van der Waals surface area contributed by atoms with Crippen molar-refractivity contribution in [1.29, 1.82) is 0 Å². The lowest BCUT2D eigenvalue weighted by Crippen LogP contribution is -2.33. The van der Waals surface area contributed by atoms with Gasteiger partial charge in [-0.3, -0.25) is 9.59 Å². The van der Waals surface area contributed by atoms with Crippen LogP contribution in [0, 0.1) is 11.6 Å². The van der Waals surface area contributed by atoms with Gasteiger partial charge in [-0.2, -0.15) is 0 Å². The molecule has 1 heterocycles. The number of sulfonamides is 1. The average molecular weight is 409 g/mol. The molecule has 1 aliphatic heterocycles. The Labute approximate surface area is 160 Å². The van der Waals surface area contributed by atoms with Gasteiger partial charge in [0.05, 0.1) is 6.54 Å². The molecular weight excluding hydrogens is 392 g/mol. The van der Waals surface area contributed by atoms with Crippen LogP contribution in [0.4, 0.5) is 20.2 Å². The molecular formula is C18H17F2N3O4S. The van der Waals surface area contributed by atoms with Crippen molar-refractivity contribution >= 4 is 33.2 Å². The zero-order chi connectivity index (χ0) is 20.3. The molecule has 2 N–H and O–H groups in total. The summed E-state index contributed by atoms with van der Waals surface area (Å²) in [4.78, 5) is 24.3. The van der Waals surface area contributed by atoms with E-state index in [0.29, 0.717) is 24.3 Å². The highest BCUT2D eigenvalue weighted by Crippen LogP contribution is 2.24. The van der Waals surface area contributed by atoms with E-state index in [1.807, 2.05) is 4.72 Å². The van der Waals surface area contributed by atoms with E-state index in [1.54, 1.807) is 29.2 Å². The maximum atomic E-state index is 13.6. The lowest BCUT2D eigenvalue weighted by molar-refractivity contribution is -0.117. The highest BCUT2D eigenvalue weighted by atomic mass is 32.2. The lowest BCUT2D eigenvalue weighted by Gasteiger charge is -2.17. The van der Waals surface area contributed by atoms with E-state index in [1.165, 1.54) is 0 Å². The molecule has 3 rings (SSSR count). The third-order valence-electron chi connectivity index (χ3n) is 4.13. The molecule has 0 atom stereocenters. The van der Waals surface area contributed by atoms with Crippen LogP contribution in [0.15, 0.2) is 47.4 Å². The van der Waals surface area contributed by atoms with Crippen LogP contribution in [0.1, 0.15) is 12.8 Å². The Balaban J connectivity index is 1.65. The monoisotopic (exact) mass is 409 g/mol. The van der Waals surface area contributed by atoms with Crippen molar-refractivity contribution in [3.05, 3.63) is 54.1 Å². The Morgan fingerprint density at radius 2 is 1.79 bits per heavy atom. The molecule has 0 spiro atoms. The lowest BCUT2D eigenvalue weighted by atomic mass is 10.2. The summed E-state index contributed by atoms with van der Waals surface area (Å²) < 4.78 is 53.3. The van der Waals surface area contributed by atoms with Gasteiger partial charge >= 0.3 is 0 Å². The van der Waals surface area contributed by atoms with Crippen molar-refractivity contribution in [3.63, 3.8) is 0 Å². The number of amides is 2. The second kappa shape index (κ2) is 8.03. The van der Waals surface area contributed by atoms with Gasteiger partial charge in [-0.15, -0.1) is 0 Å². The minimum Gasteiger partial charge on any atom is -0.325 e. The van der Waals surface area contributed by atoms with Crippen LogP contribution in [0.2, 0.25) is 0 Å². The summed E-state index contributed by atoms with van der Waals surface area (Å²) in [5, 5.41) is 2.48. The van der Waals surface area contributed by atoms with Crippen molar-refractivity contribution in [3.8, 4) is 0 Å². The summed E-state index contributed by atoms with van der Waals surface area (Å²) in [5.74, 6) is -3.25. The van der Waals surface area contributed by atoms with E-state index in [9.17, 15) is 26.8 Å². The molecule has 7 nitrogen and oxygen atoms in total. The van der Waals surface area contributed by atoms with E-state index in [-0.39, 0.29) is 5.91 Å². The van der Waals surface area contributed by atoms with E-state index in [2.05, 4.69) is 5.32 Å². The van der Waals surface area contributed by atoms with Crippen LogP contribution in [0.25, 0.3) is 0 Å². The van der Waals surface area contributed by atoms with Gasteiger partial charge in [0, 0.05) is 24.3 Å². The summed E-state index contributed by atoms with van der Waals surface area (Å²) in [6, 6.07) is 9.19. The zero-order valence-corrected chi connectivity index (χ0v) is 15.4. The fourth-order valence-corrected chi connectivity index (χ4v) is 3.96. The second-order valence-corrected chi connectivity index (χ2v) is 7.83. The van der Waals surface area contributed by atoms with Crippen LogP contribution in [0.5, 0.6) is 0 Å². The molecule has 0 aliphatic carbocycles. The van der Waals surface area contributed by atoms with Gasteiger partial charge < -0.3 is 10.2 Å². The van der Waals surface area contributed by atoms with Crippen molar-refractivity contribution in [2.24, 2.45) is 0 Å². The summed E-state index contributed by atoms with van der Waals surface area (Å²) in [5.41, 5.74) is 0.979. The van der Waals surface area contributed by atoms with E-state index < -0.39 is 39.0 Å². The van der Waals surface area contributed by atoms with Crippen molar-refractivity contribution in [2.75, 3.05) is 23.3 Å². The van der Waals surface area contributed by atoms with E-state index in [0.717, 1.165) is 24.6 Å². The Morgan fingerprint density at radius 1 is 1.11 bits per heavy atom. The smallest absolute Gasteiger partial charge is 0.246 e. The molecule has 0 aromatic heterocycles. The van der Waals surface area contributed by atoms with Gasteiger partial charge in [0.2, 0.25) is 21.8 Å². The number of hydrogen-bond donors (Lipinski definition) is 2. The van der Waals surface area contributed by atoms with Gasteiger partial charge in [0.15, 0.2) is 4.90 Å². The summed E-state index contributed by atoms with van der Waals surface area (Å²) in [6.45, 7) is -0.132. The van der Waals surface area contributed by atoms with Crippen molar-refractivity contribution < 1.29 is 26.8 Å². The minimum atomic E-state index is -4.55. The number of rotatable bonds is 6. The summed E-state index contributed by atoms with van der Waals surface area (Å²) >= 11 is 0. The number of benzene rings is 2. The van der Waals surface area contributed by atoms with Gasteiger partial charge in [0.25, 0.3) is 0 Å². The Kier molecular flexibility index (Phi) is 5.71. The summed E-state index contributed by atoms with van der Waals surface area (Å²) in [7, 11) is -4.55. The molecule has 0 radical (unpaired) electrons. The third-order valence-corrected chi connectivity index (χ3v) is 5.58. The highest BCUT2D eigenvalue weighted by molar-refractivity contribution is 7.89. The van der Waals surface area contributed by atoms with Crippen LogP contribution >= 0.6 is 0 Å². The van der Waals surface area contributed by atoms with Crippen LogP contribution in [0.3, 0.4) is 0 Å². The second-order valence-electron chi connectivity index (χ2n) is 6.12. The topological polar surface area (TPSA) is 95.6 Å². The maximum absolute atomic E-state index is 13.6. The van der Waals surface area contributed by atoms with Crippen LogP contribution < -0.4 is 14.9 Å². The van der Waals surface area contributed by atoms with Gasteiger partial charge in [-0.25, -0.2) is 21.9 Å². The first-order valence-electron chi connectivity index (χ1n) is 8.42. The van der Waals surface area contributed by atoms with Crippen molar-refractivity contribution in [2.45, 2.75) is 17.7 Å². The molecule has 2 aromatic rings. The van der Waals surface area contributed by atoms with Gasteiger partial charge in [-0.05, 0) is 36.8 Å². The Hall–Kier alpha value is -2.85. The molecule has 0 bridgehead atoms. The quantitative estimate of drug-likeness (QED) is 0.763. The highest BCUT2D eigenvalue weighted by Gasteiger charge is 2.25. The Bertz CT molecular complexity index is 1010. The summed E-state index contributed by atoms with van der Waals surface area (Å²) in [6.07, 6.45) is 1.22. The van der Waals surface area contributed by atoms with Gasteiger partial charge in [0.1, 0.15) is 11.6 Å². The molecule has 2 aromatic carbocycles. The molecule has 148 valence electrons. The van der Waals surface area contributed by atoms with Gasteiger partial charge in [-0.1, -0.05) is 12.1 Å². The predicted octanol–water partition coefficient (Wildman–Crippen LogP) is 2.01. The molecule has 1 aliphatic rings. The SMILES string of the molecule is O=C(CNS(=O)(=O)c1c(F)cccc1F)Nc1cccc(N2CCCC2=O)c1. The number of halogens is 2. The molecule has 10 heteroatoms. The average Bonchev–Trinajstić information content (AvgIpc) is 3.06. The maximum Gasteiger partial charge on any atom is 0.246 e. The first-order valence-corrected chi connectivity index (χ1v) is 9.90. The largest absolute Gasteiger partial charge is 0.325 e. The molecule has 1 saturated heterocycles. The van der Waals surface area contributed by atoms with E-state index in [4.69, 9.17) is 0 Å². The fraction of sp³-hybridized carbons (Fsp3) is 0.222. The first kappa shape index (κ1) is 19.9. The van der Waals surface area contributed by atoms with Crippen molar-refractivity contribution in [1.82, 2.24) is 4.72 Å². The number of nitrogens with one attached hydrogen (secondary N) is 2. The first-order chi connectivity index (χ1) is 13.3. The number of carbonyl (C=O) groups is 2. The molecule has 1 fully saturated rings.